The van der Waals surface area contributed by atoms with Crippen molar-refractivity contribution in [2.45, 2.75) is 32.8 Å². The summed E-state index contributed by atoms with van der Waals surface area (Å²) < 4.78 is 5.34. The zero-order valence-corrected chi connectivity index (χ0v) is 8.86. The summed E-state index contributed by atoms with van der Waals surface area (Å²) in [6.07, 6.45) is 1.51. The Morgan fingerprint density at radius 3 is 2.43 bits per heavy atom. The van der Waals surface area contributed by atoms with E-state index in [1.165, 1.54) is 5.56 Å². The van der Waals surface area contributed by atoms with Crippen LogP contribution < -0.4 is 4.74 Å². The fraction of sp³-hybridized carbons (Fsp3) is 0.500. The minimum Gasteiger partial charge on any atom is -0.494 e. The normalized spacial score (nSPS) is 12.5. The summed E-state index contributed by atoms with van der Waals surface area (Å²) in [6, 6.07) is 8.04. The maximum Gasteiger partial charge on any atom is 0.119 e. The highest BCUT2D eigenvalue weighted by molar-refractivity contribution is 5.27. The monoisotopic (exact) mass is 194 g/mol. The summed E-state index contributed by atoms with van der Waals surface area (Å²) in [5.74, 6) is 0.910. The highest BCUT2D eigenvalue weighted by Gasteiger charge is 1.98. The summed E-state index contributed by atoms with van der Waals surface area (Å²) in [4.78, 5) is 0. The lowest BCUT2D eigenvalue weighted by Gasteiger charge is -2.06. The molecule has 0 fully saturated rings. The number of ether oxygens (including phenoxy) is 1. The lowest BCUT2D eigenvalue weighted by molar-refractivity contribution is 0.185. The van der Waals surface area contributed by atoms with Crippen LogP contribution in [0.4, 0.5) is 0 Å². The minimum absolute atomic E-state index is 0.221. The lowest BCUT2D eigenvalue weighted by Crippen LogP contribution is -2.01. The van der Waals surface area contributed by atoms with Gasteiger partial charge in [-0.25, -0.2) is 0 Å². The van der Waals surface area contributed by atoms with Gasteiger partial charge in [0, 0.05) is 0 Å². The molecule has 1 aromatic carbocycles. The molecule has 0 saturated carbocycles. The molecule has 1 N–H and O–H groups in total. The van der Waals surface area contributed by atoms with Gasteiger partial charge in [-0.2, -0.15) is 0 Å². The van der Waals surface area contributed by atoms with Crippen LogP contribution in [-0.4, -0.2) is 17.8 Å². The molecule has 2 heteroatoms. The van der Waals surface area contributed by atoms with Crippen LogP contribution in [0.3, 0.4) is 0 Å². The molecule has 0 amide bonds. The summed E-state index contributed by atoms with van der Waals surface area (Å²) in [6.45, 7) is 4.49. The Hall–Kier alpha value is -1.02. The van der Waals surface area contributed by atoms with E-state index in [0.717, 1.165) is 18.6 Å². The molecular weight excluding hydrogens is 176 g/mol. The zero-order chi connectivity index (χ0) is 10.4. The van der Waals surface area contributed by atoms with Gasteiger partial charge in [0.15, 0.2) is 0 Å². The van der Waals surface area contributed by atoms with E-state index in [1.807, 2.05) is 38.1 Å². The SMILES string of the molecule is CCOc1ccc(CC[C@H](C)O)cc1. The first kappa shape index (κ1) is 11.1. The summed E-state index contributed by atoms with van der Waals surface area (Å²) in [7, 11) is 0. The van der Waals surface area contributed by atoms with Crippen molar-refractivity contribution in [2.24, 2.45) is 0 Å². The number of hydrogen-bond donors (Lipinski definition) is 1. The summed E-state index contributed by atoms with van der Waals surface area (Å²) >= 11 is 0. The van der Waals surface area contributed by atoms with Crippen molar-refractivity contribution in [2.75, 3.05) is 6.61 Å². The second kappa shape index (κ2) is 5.66. The average molecular weight is 194 g/mol. The summed E-state index contributed by atoms with van der Waals surface area (Å²) in [5, 5.41) is 9.13. The van der Waals surface area contributed by atoms with Gasteiger partial charge < -0.3 is 9.84 Å². The van der Waals surface area contributed by atoms with Crippen molar-refractivity contribution in [1.29, 1.82) is 0 Å². The molecule has 78 valence electrons. The Bertz CT molecular complexity index is 252. The molecule has 0 aliphatic rings. The number of aliphatic hydroxyl groups is 1. The van der Waals surface area contributed by atoms with Gasteiger partial charge in [0.25, 0.3) is 0 Å². The van der Waals surface area contributed by atoms with Crippen LogP contribution in [0.5, 0.6) is 5.75 Å². The van der Waals surface area contributed by atoms with Gasteiger partial charge in [0.1, 0.15) is 5.75 Å². The Labute approximate surface area is 85.5 Å². The Balaban J connectivity index is 2.46. The fourth-order valence-corrected chi connectivity index (χ4v) is 1.29. The van der Waals surface area contributed by atoms with E-state index in [4.69, 9.17) is 9.84 Å². The highest BCUT2D eigenvalue weighted by atomic mass is 16.5. The molecule has 0 saturated heterocycles. The zero-order valence-electron chi connectivity index (χ0n) is 8.86. The molecule has 0 aliphatic heterocycles. The van der Waals surface area contributed by atoms with Crippen LogP contribution in [0.15, 0.2) is 24.3 Å². The molecule has 0 aromatic heterocycles. The molecule has 1 rings (SSSR count). The van der Waals surface area contributed by atoms with Crippen LogP contribution in [-0.2, 0) is 6.42 Å². The average Bonchev–Trinajstić information content (AvgIpc) is 2.17. The molecule has 0 unspecified atom stereocenters. The van der Waals surface area contributed by atoms with Gasteiger partial charge >= 0.3 is 0 Å². The van der Waals surface area contributed by atoms with Gasteiger partial charge in [-0.1, -0.05) is 12.1 Å². The molecule has 1 atom stereocenters. The number of aliphatic hydroxyl groups excluding tert-OH is 1. The number of rotatable bonds is 5. The number of aryl methyl sites for hydroxylation is 1. The van der Waals surface area contributed by atoms with Crippen molar-refractivity contribution in [3.63, 3.8) is 0 Å². The molecule has 0 heterocycles. The molecule has 0 aliphatic carbocycles. The van der Waals surface area contributed by atoms with E-state index in [9.17, 15) is 0 Å². The van der Waals surface area contributed by atoms with Crippen LogP contribution in [0.25, 0.3) is 0 Å². The van der Waals surface area contributed by atoms with E-state index < -0.39 is 0 Å². The maximum absolute atomic E-state index is 9.13. The van der Waals surface area contributed by atoms with Gasteiger partial charge in [0.05, 0.1) is 12.7 Å². The van der Waals surface area contributed by atoms with Crippen LogP contribution in [0.1, 0.15) is 25.8 Å². The first-order valence-corrected chi connectivity index (χ1v) is 5.12. The second-order valence-electron chi connectivity index (χ2n) is 3.46. The number of hydrogen-bond acceptors (Lipinski definition) is 2. The molecule has 0 spiro atoms. The topological polar surface area (TPSA) is 29.5 Å². The van der Waals surface area contributed by atoms with E-state index in [-0.39, 0.29) is 6.10 Å². The first-order valence-electron chi connectivity index (χ1n) is 5.12. The summed E-state index contributed by atoms with van der Waals surface area (Å²) in [5.41, 5.74) is 1.24. The van der Waals surface area contributed by atoms with Crippen molar-refractivity contribution < 1.29 is 9.84 Å². The van der Waals surface area contributed by atoms with Gasteiger partial charge in [-0.3, -0.25) is 0 Å². The largest absolute Gasteiger partial charge is 0.494 e. The van der Waals surface area contributed by atoms with Gasteiger partial charge in [-0.05, 0) is 44.4 Å². The predicted octanol–water partition coefficient (Wildman–Crippen LogP) is 2.40. The highest BCUT2D eigenvalue weighted by Crippen LogP contribution is 2.13. The van der Waals surface area contributed by atoms with Crippen LogP contribution in [0, 0.1) is 0 Å². The second-order valence-corrected chi connectivity index (χ2v) is 3.46. The number of benzene rings is 1. The lowest BCUT2D eigenvalue weighted by atomic mass is 10.1. The molecule has 0 radical (unpaired) electrons. The minimum atomic E-state index is -0.221. The Morgan fingerprint density at radius 2 is 1.93 bits per heavy atom. The third-order valence-electron chi connectivity index (χ3n) is 2.09. The molecule has 1 aromatic rings. The van der Waals surface area contributed by atoms with Crippen molar-refractivity contribution in [3.8, 4) is 5.75 Å². The van der Waals surface area contributed by atoms with Crippen molar-refractivity contribution in [3.05, 3.63) is 29.8 Å². The van der Waals surface area contributed by atoms with E-state index in [0.29, 0.717) is 6.61 Å². The van der Waals surface area contributed by atoms with Crippen molar-refractivity contribution >= 4 is 0 Å². The first-order chi connectivity index (χ1) is 6.72. The van der Waals surface area contributed by atoms with Crippen molar-refractivity contribution in [1.82, 2.24) is 0 Å². The predicted molar refractivity (Wildman–Crippen MR) is 57.6 cm³/mol. The van der Waals surface area contributed by atoms with E-state index >= 15 is 0 Å². The Kier molecular flexibility index (Phi) is 4.47. The smallest absolute Gasteiger partial charge is 0.119 e. The quantitative estimate of drug-likeness (QED) is 0.780. The van der Waals surface area contributed by atoms with Crippen LogP contribution in [0.2, 0.25) is 0 Å². The third-order valence-corrected chi connectivity index (χ3v) is 2.09. The van der Waals surface area contributed by atoms with Gasteiger partial charge in [-0.15, -0.1) is 0 Å². The standard InChI is InChI=1S/C12H18O2/c1-3-14-12-8-6-11(7-9-12)5-4-10(2)13/h6-10,13H,3-5H2,1-2H3/t10-/m0/s1. The molecule has 0 bridgehead atoms. The van der Waals surface area contributed by atoms with E-state index in [2.05, 4.69) is 0 Å². The maximum atomic E-state index is 9.13. The molecule has 14 heavy (non-hydrogen) atoms. The van der Waals surface area contributed by atoms with Gasteiger partial charge in [0.2, 0.25) is 0 Å². The van der Waals surface area contributed by atoms with E-state index in [1.54, 1.807) is 0 Å². The molecular formula is C12H18O2. The third kappa shape index (κ3) is 3.79. The van der Waals surface area contributed by atoms with Crippen LogP contribution >= 0.6 is 0 Å². The Morgan fingerprint density at radius 1 is 1.29 bits per heavy atom. The molecule has 2 nitrogen and oxygen atoms in total. The fourth-order valence-electron chi connectivity index (χ4n) is 1.29.